The number of rotatable bonds is 6. The highest BCUT2D eigenvalue weighted by Crippen LogP contribution is 2.36. The molecule has 2 unspecified atom stereocenters. The molecule has 7 heteroatoms. The van der Waals surface area contributed by atoms with E-state index >= 15 is 0 Å². The predicted octanol–water partition coefficient (Wildman–Crippen LogP) is 3.43. The zero-order chi connectivity index (χ0) is 21.6. The Morgan fingerprint density at radius 3 is 2.68 bits per heavy atom. The van der Waals surface area contributed by atoms with E-state index in [-0.39, 0.29) is 11.9 Å². The molecule has 0 radical (unpaired) electrons. The van der Waals surface area contributed by atoms with Gasteiger partial charge in [-0.15, -0.1) is 0 Å². The number of likely N-dealkylation sites (tertiary alicyclic amines) is 1. The van der Waals surface area contributed by atoms with Crippen molar-refractivity contribution >= 4 is 11.7 Å². The van der Waals surface area contributed by atoms with E-state index in [9.17, 15) is 4.79 Å². The minimum Gasteiger partial charge on any atom is -0.491 e. The molecule has 2 atom stereocenters. The van der Waals surface area contributed by atoms with Gasteiger partial charge in [0, 0.05) is 25.7 Å². The van der Waals surface area contributed by atoms with Gasteiger partial charge in [0.05, 0.1) is 7.11 Å². The van der Waals surface area contributed by atoms with Crippen LogP contribution < -0.4 is 15.8 Å². The number of methoxy groups -OCH3 is 1. The van der Waals surface area contributed by atoms with Gasteiger partial charge in [-0.3, -0.25) is 4.79 Å². The van der Waals surface area contributed by atoms with Gasteiger partial charge in [-0.1, -0.05) is 36.8 Å². The zero-order valence-electron chi connectivity index (χ0n) is 18.3. The van der Waals surface area contributed by atoms with Crippen LogP contribution in [0.5, 0.6) is 5.75 Å². The molecular formula is C24H33N5O2. The maximum absolute atomic E-state index is 13.0. The molecule has 2 fully saturated rings. The SMILES string of the molecule is COc1c(NCC2CCCC(c3ccccc3)C2)ncnc1C(=O)N1CCC(N)CC1. The molecule has 0 spiro atoms. The highest BCUT2D eigenvalue weighted by Gasteiger charge is 2.28. The second kappa shape index (κ2) is 10.1. The Hall–Kier alpha value is -2.67. The van der Waals surface area contributed by atoms with Crippen molar-refractivity contribution in [3.63, 3.8) is 0 Å². The molecule has 1 saturated heterocycles. The van der Waals surface area contributed by atoms with Crippen LogP contribution in [0.15, 0.2) is 36.7 Å². The molecule has 1 aliphatic heterocycles. The summed E-state index contributed by atoms with van der Waals surface area (Å²) in [6, 6.07) is 11.0. The maximum atomic E-state index is 13.0. The van der Waals surface area contributed by atoms with Gasteiger partial charge in [-0.25, -0.2) is 9.97 Å². The van der Waals surface area contributed by atoms with Crippen LogP contribution in [0.25, 0.3) is 0 Å². The van der Waals surface area contributed by atoms with Crippen molar-refractivity contribution in [1.29, 1.82) is 0 Å². The minimum atomic E-state index is -0.115. The van der Waals surface area contributed by atoms with Crippen LogP contribution in [0.1, 0.15) is 60.5 Å². The van der Waals surface area contributed by atoms with E-state index < -0.39 is 0 Å². The number of anilines is 1. The molecule has 0 bridgehead atoms. The first kappa shape index (κ1) is 21.6. The molecule has 1 aliphatic carbocycles. The standard InChI is InChI=1S/C24H33N5O2/c1-31-22-21(24(30)29-12-10-20(25)11-13-29)27-16-28-23(22)26-15-17-6-5-9-19(14-17)18-7-3-2-4-8-18/h2-4,7-8,16-17,19-20H,5-6,9-15,25H2,1H3,(H,26,27,28). The molecule has 2 aromatic rings. The lowest BCUT2D eigenvalue weighted by Gasteiger charge is -2.31. The minimum absolute atomic E-state index is 0.115. The quantitative estimate of drug-likeness (QED) is 0.739. The summed E-state index contributed by atoms with van der Waals surface area (Å²) >= 11 is 0. The monoisotopic (exact) mass is 423 g/mol. The van der Waals surface area contributed by atoms with E-state index in [0.717, 1.165) is 25.8 Å². The highest BCUT2D eigenvalue weighted by atomic mass is 16.5. The smallest absolute Gasteiger partial charge is 0.276 e. The summed E-state index contributed by atoms with van der Waals surface area (Å²) in [5.74, 6) is 2.07. The number of hydrogen-bond acceptors (Lipinski definition) is 6. The van der Waals surface area contributed by atoms with Gasteiger partial charge in [0.15, 0.2) is 17.3 Å². The molecule has 3 N–H and O–H groups in total. The van der Waals surface area contributed by atoms with Gasteiger partial charge < -0.3 is 20.7 Å². The average Bonchev–Trinajstić information content (AvgIpc) is 2.83. The van der Waals surface area contributed by atoms with Crippen molar-refractivity contribution in [3.05, 3.63) is 47.9 Å². The van der Waals surface area contributed by atoms with Gasteiger partial charge in [-0.05, 0) is 49.5 Å². The van der Waals surface area contributed by atoms with Gasteiger partial charge >= 0.3 is 0 Å². The molecule has 7 nitrogen and oxygen atoms in total. The van der Waals surface area contributed by atoms with Crippen molar-refractivity contribution in [2.75, 3.05) is 32.1 Å². The van der Waals surface area contributed by atoms with Gasteiger partial charge in [0.1, 0.15) is 6.33 Å². The normalized spacial score (nSPS) is 22.2. The van der Waals surface area contributed by atoms with Crippen LogP contribution in [-0.4, -0.2) is 53.6 Å². The van der Waals surface area contributed by atoms with E-state index in [1.165, 1.54) is 31.2 Å². The number of nitrogens with zero attached hydrogens (tertiary/aromatic N) is 3. The molecule has 31 heavy (non-hydrogen) atoms. The number of piperidine rings is 1. The van der Waals surface area contributed by atoms with Gasteiger partial charge in [0.2, 0.25) is 0 Å². The Labute approximate surface area is 184 Å². The van der Waals surface area contributed by atoms with E-state index in [2.05, 4.69) is 45.6 Å². The number of ether oxygens (including phenoxy) is 1. The third-order valence-electron chi connectivity index (χ3n) is 6.65. The second-order valence-corrected chi connectivity index (χ2v) is 8.75. The van der Waals surface area contributed by atoms with Crippen molar-refractivity contribution in [2.45, 2.75) is 50.5 Å². The third kappa shape index (κ3) is 5.15. The number of nitrogens with one attached hydrogen (secondary N) is 1. The van der Waals surface area contributed by atoms with Gasteiger partial charge in [0.25, 0.3) is 5.91 Å². The Bertz CT molecular complexity index is 868. The summed E-state index contributed by atoms with van der Waals surface area (Å²) < 4.78 is 5.58. The largest absolute Gasteiger partial charge is 0.491 e. The number of nitrogens with two attached hydrogens (primary N) is 1. The lowest BCUT2D eigenvalue weighted by Crippen LogP contribution is -2.43. The summed E-state index contributed by atoms with van der Waals surface area (Å²) in [5, 5.41) is 3.44. The number of amides is 1. The first-order valence-electron chi connectivity index (χ1n) is 11.4. The fraction of sp³-hybridized carbons (Fsp3) is 0.542. The lowest BCUT2D eigenvalue weighted by atomic mass is 9.78. The van der Waals surface area contributed by atoms with Crippen LogP contribution in [0.4, 0.5) is 5.82 Å². The summed E-state index contributed by atoms with van der Waals surface area (Å²) in [6.07, 6.45) is 7.90. The number of benzene rings is 1. The van der Waals surface area contributed by atoms with Crippen LogP contribution >= 0.6 is 0 Å². The molecule has 1 aromatic carbocycles. The number of carbonyl (C=O) groups excluding carboxylic acids is 1. The number of aromatic nitrogens is 2. The summed E-state index contributed by atoms with van der Waals surface area (Å²) in [5.41, 5.74) is 7.73. The third-order valence-corrected chi connectivity index (χ3v) is 6.65. The molecule has 2 aliphatic rings. The van der Waals surface area contributed by atoms with E-state index in [0.29, 0.717) is 42.2 Å². The highest BCUT2D eigenvalue weighted by molar-refractivity contribution is 5.96. The summed E-state index contributed by atoms with van der Waals surface area (Å²) in [4.78, 5) is 23.5. The zero-order valence-corrected chi connectivity index (χ0v) is 18.3. The predicted molar refractivity (Wildman–Crippen MR) is 121 cm³/mol. The Balaban J connectivity index is 1.41. The number of carbonyl (C=O) groups is 1. The molecule has 166 valence electrons. The van der Waals surface area contributed by atoms with E-state index in [1.807, 2.05) is 4.90 Å². The lowest BCUT2D eigenvalue weighted by molar-refractivity contribution is 0.0705. The summed E-state index contributed by atoms with van der Waals surface area (Å²) in [7, 11) is 1.57. The fourth-order valence-electron chi connectivity index (χ4n) is 4.84. The molecule has 1 aromatic heterocycles. The fourth-order valence-corrected chi connectivity index (χ4v) is 4.84. The van der Waals surface area contributed by atoms with E-state index in [4.69, 9.17) is 10.5 Å². The first-order chi connectivity index (χ1) is 15.2. The molecule has 1 amide bonds. The van der Waals surface area contributed by atoms with Gasteiger partial charge in [-0.2, -0.15) is 0 Å². The maximum Gasteiger partial charge on any atom is 0.276 e. The number of hydrogen-bond donors (Lipinski definition) is 2. The Morgan fingerprint density at radius 2 is 1.94 bits per heavy atom. The first-order valence-corrected chi connectivity index (χ1v) is 11.4. The Kier molecular flexibility index (Phi) is 7.02. The summed E-state index contributed by atoms with van der Waals surface area (Å²) in [6.45, 7) is 2.11. The molecular weight excluding hydrogens is 390 g/mol. The molecule has 2 heterocycles. The average molecular weight is 424 g/mol. The van der Waals surface area contributed by atoms with Crippen LogP contribution in [0.3, 0.4) is 0 Å². The van der Waals surface area contributed by atoms with E-state index in [1.54, 1.807) is 7.11 Å². The van der Waals surface area contributed by atoms with Crippen molar-refractivity contribution in [2.24, 2.45) is 11.7 Å². The van der Waals surface area contributed by atoms with Crippen LogP contribution in [0.2, 0.25) is 0 Å². The van der Waals surface area contributed by atoms with Crippen molar-refractivity contribution in [3.8, 4) is 5.75 Å². The topological polar surface area (TPSA) is 93.4 Å². The van der Waals surface area contributed by atoms with Crippen LogP contribution in [-0.2, 0) is 0 Å². The van der Waals surface area contributed by atoms with Crippen molar-refractivity contribution < 1.29 is 9.53 Å². The van der Waals surface area contributed by atoms with Crippen LogP contribution in [0, 0.1) is 5.92 Å². The Morgan fingerprint density at radius 1 is 1.16 bits per heavy atom. The molecule has 1 saturated carbocycles. The second-order valence-electron chi connectivity index (χ2n) is 8.75. The van der Waals surface area contributed by atoms with Crippen molar-refractivity contribution in [1.82, 2.24) is 14.9 Å². The molecule has 4 rings (SSSR count).